The number of benzene rings is 2. The summed E-state index contributed by atoms with van der Waals surface area (Å²) >= 11 is 0. The number of nitrogens with one attached hydrogen (secondary N) is 1. The van der Waals surface area contributed by atoms with Gasteiger partial charge in [-0.15, -0.1) is 13.2 Å². The van der Waals surface area contributed by atoms with Crippen LogP contribution in [0.3, 0.4) is 0 Å². The Morgan fingerprint density at radius 1 is 0.774 bits per heavy atom. The van der Waals surface area contributed by atoms with Gasteiger partial charge < -0.3 is 44.4 Å². The van der Waals surface area contributed by atoms with Gasteiger partial charge in [0.15, 0.2) is 0 Å². The lowest BCUT2D eigenvalue weighted by Crippen LogP contribution is -2.65. The maximum atomic E-state index is 13.2. The Morgan fingerprint density at radius 2 is 1.30 bits per heavy atom. The number of amides is 4. The lowest BCUT2D eigenvalue weighted by molar-refractivity contribution is -0.205. The van der Waals surface area contributed by atoms with Gasteiger partial charge >= 0.3 is 30.5 Å². The molecule has 4 heterocycles. The number of rotatable bonds is 15. The molecule has 4 aliphatic rings. The first-order chi connectivity index (χ1) is 39.5. The molecule has 3 N–H and O–H groups in total. The molecule has 2 aromatic carbocycles. The number of esters is 2. The van der Waals surface area contributed by atoms with Crippen LogP contribution in [0.15, 0.2) is 66.7 Å². The van der Waals surface area contributed by atoms with Crippen LogP contribution in [-0.2, 0) is 45.7 Å². The third-order valence-electron chi connectivity index (χ3n) is 14.5. The van der Waals surface area contributed by atoms with Crippen LogP contribution in [0.1, 0.15) is 159 Å². The van der Waals surface area contributed by atoms with Gasteiger partial charge in [0.05, 0.1) is 61.1 Å². The van der Waals surface area contributed by atoms with Crippen molar-refractivity contribution in [2.75, 3.05) is 73.8 Å². The predicted octanol–water partition coefficient (Wildman–Crippen LogP) is 10.4. The largest absolute Gasteiger partial charge is 0.465 e. The van der Waals surface area contributed by atoms with Crippen LogP contribution in [0.5, 0.6) is 0 Å². The smallest absolute Gasteiger partial charge is 0.417 e. The highest BCUT2D eigenvalue weighted by Crippen LogP contribution is 2.60. The summed E-state index contributed by atoms with van der Waals surface area (Å²) in [5.41, 5.74) is 0.237. The Bertz CT molecular complexity index is 2700. The molecule has 3 aromatic rings. The number of piperidine rings is 1. The Labute approximate surface area is 483 Å². The van der Waals surface area contributed by atoms with E-state index < -0.39 is 92.8 Å². The number of carbonyl (C=O) groups excluding carboxylic acids is 6. The number of H-pyrrole nitrogens is 1. The molecular weight excluding hydrogens is 1130 g/mol. The molecule has 17 nitrogen and oxygen atoms in total. The quantitative estimate of drug-likeness (QED) is 0.0628. The van der Waals surface area contributed by atoms with E-state index in [1.807, 2.05) is 48.5 Å². The number of carbonyl (C=O) groups is 6. The molecule has 3 saturated heterocycles. The van der Waals surface area contributed by atoms with E-state index in [1.165, 1.54) is 29.2 Å². The summed E-state index contributed by atoms with van der Waals surface area (Å²) in [5.74, 6) is -4.91. The molecule has 3 atom stereocenters. The molecule has 7 rings (SSSR count). The molecule has 0 radical (unpaired) electrons. The molecule has 1 aliphatic carbocycles. The summed E-state index contributed by atoms with van der Waals surface area (Å²) in [6, 6.07) is 7.22. The number of aromatic nitrogens is 2. The molecule has 2 unspecified atom stereocenters. The molecule has 4 amide bonds. The van der Waals surface area contributed by atoms with Crippen molar-refractivity contribution < 1.29 is 87.2 Å². The van der Waals surface area contributed by atoms with Gasteiger partial charge in [0.2, 0.25) is 17.7 Å². The highest BCUT2D eigenvalue weighted by atomic mass is 19.4. The molecule has 26 heteroatoms. The SMILES string of the molecule is C=C.CC.CC.CCC(C)c1ccc(C(F)(F)F)c(C(=O)OC)c1.COCCCOC(C)CC(=O)N1CCC(c2ccc(C(F)(F)F)c(C(=O)OC)c2)CC1.NC(=O)[C@@H]1CN(C(=O)c2c[nH]c(=O)cn2)CC12CN(C(=O)C1(C(F)(F)F)CC1)C2. The Morgan fingerprint density at radius 3 is 1.75 bits per heavy atom. The first-order valence-electron chi connectivity index (χ1n) is 27.4. The molecule has 4 fully saturated rings. The second-order valence-electron chi connectivity index (χ2n) is 19.8. The van der Waals surface area contributed by atoms with Crippen molar-refractivity contribution in [2.24, 2.45) is 22.5 Å². The number of nitrogens with zero attached hydrogens (tertiary/aromatic N) is 4. The third kappa shape index (κ3) is 18.8. The lowest BCUT2D eigenvalue weighted by Gasteiger charge is -2.51. The zero-order valence-electron chi connectivity index (χ0n) is 49.2. The van der Waals surface area contributed by atoms with Gasteiger partial charge in [-0.1, -0.05) is 53.7 Å². The van der Waals surface area contributed by atoms with Crippen LogP contribution in [0.2, 0.25) is 0 Å². The zero-order valence-corrected chi connectivity index (χ0v) is 49.2. The van der Waals surface area contributed by atoms with Crippen molar-refractivity contribution in [3.05, 3.63) is 111 Å². The van der Waals surface area contributed by atoms with Gasteiger partial charge in [-0.25, -0.2) is 14.6 Å². The van der Waals surface area contributed by atoms with E-state index in [0.717, 1.165) is 56.5 Å². The Kier molecular flexibility index (Phi) is 28.3. The minimum atomic E-state index is -4.64. The minimum absolute atomic E-state index is 0.000334. The van der Waals surface area contributed by atoms with Crippen LogP contribution in [0, 0.1) is 16.7 Å². The number of likely N-dealkylation sites (tertiary alicyclic amines) is 3. The first-order valence-corrected chi connectivity index (χ1v) is 27.4. The van der Waals surface area contributed by atoms with Gasteiger partial charge in [0.25, 0.3) is 11.5 Å². The second-order valence-corrected chi connectivity index (χ2v) is 19.8. The van der Waals surface area contributed by atoms with Crippen LogP contribution in [-0.4, -0.2) is 146 Å². The Balaban J connectivity index is 0.000000424. The fraction of sp³-hybridized carbons (Fsp3) is 0.586. The lowest BCUT2D eigenvalue weighted by atomic mass is 9.70. The Hall–Kier alpha value is -6.83. The maximum Gasteiger partial charge on any atom is 0.417 e. The summed E-state index contributed by atoms with van der Waals surface area (Å²) in [6.45, 7) is 21.7. The molecule has 84 heavy (non-hydrogen) atoms. The zero-order chi connectivity index (χ0) is 64.1. The average Bonchev–Trinajstić information content (AvgIpc) is 2.63. The van der Waals surface area contributed by atoms with Crippen molar-refractivity contribution in [2.45, 2.75) is 130 Å². The summed E-state index contributed by atoms with van der Waals surface area (Å²) in [6.07, 6.45) is -9.33. The molecule has 3 aliphatic heterocycles. The van der Waals surface area contributed by atoms with E-state index >= 15 is 0 Å². The highest BCUT2D eigenvalue weighted by molar-refractivity contribution is 5.94. The molecule has 1 aromatic heterocycles. The van der Waals surface area contributed by atoms with Gasteiger partial charge in [0, 0.05) is 71.2 Å². The van der Waals surface area contributed by atoms with E-state index in [2.05, 4.69) is 32.6 Å². The number of aromatic amines is 1. The highest BCUT2D eigenvalue weighted by Gasteiger charge is 2.71. The normalized spacial score (nSPS) is 17.4. The van der Waals surface area contributed by atoms with Crippen molar-refractivity contribution in [1.82, 2.24) is 24.7 Å². The fourth-order valence-electron chi connectivity index (χ4n) is 9.72. The summed E-state index contributed by atoms with van der Waals surface area (Å²) < 4.78 is 137. The topological polar surface area (TPSA) is 221 Å². The van der Waals surface area contributed by atoms with Crippen molar-refractivity contribution >= 4 is 35.6 Å². The summed E-state index contributed by atoms with van der Waals surface area (Å²) in [5, 5.41) is 0. The summed E-state index contributed by atoms with van der Waals surface area (Å²) in [4.78, 5) is 94.2. The van der Waals surface area contributed by atoms with Crippen LogP contribution in [0.4, 0.5) is 39.5 Å². The second kappa shape index (κ2) is 32.4. The number of hydrogen-bond acceptors (Lipinski definition) is 12. The van der Waals surface area contributed by atoms with Gasteiger partial charge in [-0.05, 0) is 92.7 Å². The van der Waals surface area contributed by atoms with E-state index in [1.54, 1.807) is 12.0 Å². The fourth-order valence-corrected chi connectivity index (χ4v) is 9.72. The number of primary amides is 1. The average molecular weight is 1210 g/mol. The van der Waals surface area contributed by atoms with Gasteiger partial charge in [0.1, 0.15) is 11.1 Å². The number of methoxy groups -OCH3 is 3. The van der Waals surface area contributed by atoms with Crippen molar-refractivity contribution in [3.63, 3.8) is 0 Å². The number of nitrogens with two attached hydrogens (primary N) is 1. The van der Waals surface area contributed by atoms with E-state index in [-0.39, 0.29) is 75.0 Å². The molecule has 0 bridgehead atoms. The van der Waals surface area contributed by atoms with Crippen LogP contribution < -0.4 is 11.3 Å². The number of hydrogen-bond donors (Lipinski definition) is 2. The number of ether oxygens (including phenoxy) is 4. The maximum absolute atomic E-state index is 13.2. The summed E-state index contributed by atoms with van der Waals surface area (Å²) in [7, 11) is 3.75. The molecule has 470 valence electrons. The predicted molar refractivity (Wildman–Crippen MR) is 293 cm³/mol. The number of halogens is 9. The third-order valence-corrected chi connectivity index (χ3v) is 14.5. The minimum Gasteiger partial charge on any atom is -0.465 e. The van der Waals surface area contributed by atoms with Crippen molar-refractivity contribution in [1.29, 1.82) is 0 Å². The van der Waals surface area contributed by atoms with Crippen LogP contribution in [0.25, 0.3) is 0 Å². The van der Waals surface area contributed by atoms with Crippen molar-refractivity contribution in [3.8, 4) is 0 Å². The van der Waals surface area contributed by atoms with Gasteiger partial charge in [-0.3, -0.25) is 24.0 Å². The van der Waals surface area contributed by atoms with E-state index in [0.29, 0.717) is 50.3 Å². The monoisotopic (exact) mass is 1210 g/mol. The number of alkyl halides is 9. The van der Waals surface area contributed by atoms with Crippen LogP contribution >= 0.6 is 0 Å². The standard InChI is InChI=1S/C22H30F3NO5.C17H18F3N5O4.C13H15F3O2.2C2H6.C2H4/c1-15(31-12-4-11-29-2)13-20(27)26-9-7-16(8-10-26)17-5-6-19(22(23,24)25)18(14-17)21(28)30-3;18-17(19,20)16(1-2-16)14(29)25-7-15(8-25)6-24(5-9(15)12(21)27)13(28)10-3-23-11(26)4-22-10;1-4-8(2)9-5-6-11(13(14,15)16)10(7-9)12(17)18-3;3*1-2/h5-6,14-16H,4,7-13H2,1-3H3;3-4,9H,1-2,5-8H2,(H2,21,27)(H,23,26);5-8H,4H2,1-3H3;2*1-2H3;1-2H2/t;9-;;;;/m.0..../s1. The van der Waals surface area contributed by atoms with E-state index in [9.17, 15) is 73.1 Å². The molecule has 1 saturated carbocycles. The van der Waals surface area contributed by atoms with E-state index in [4.69, 9.17) is 15.2 Å². The van der Waals surface area contributed by atoms with Gasteiger partial charge in [-0.2, -0.15) is 39.5 Å². The molecular formula is C58H79F9N6O11. The first kappa shape index (κ1) is 73.3. The molecule has 1 spiro atoms.